The fourth-order valence-electron chi connectivity index (χ4n) is 3.67. The summed E-state index contributed by atoms with van der Waals surface area (Å²) in [5, 5.41) is 3.08. The number of nitrogens with one attached hydrogen (secondary N) is 1. The lowest BCUT2D eigenvalue weighted by Gasteiger charge is -2.65. The van der Waals surface area contributed by atoms with Crippen LogP contribution < -0.4 is 11.1 Å². The van der Waals surface area contributed by atoms with E-state index in [1.54, 1.807) is 0 Å². The van der Waals surface area contributed by atoms with Gasteiger partial charge in [0.2, 0.25) is 5.91 Å². The molecule has 0 spiro atoms. The number of fused-ring (bicyclic) bond motifs is 1. The van der Waals surface area contributed by atoms with Gasteiger partial charge in [-0.3, -0.25) is 4.79 Å². The number of hydrogen-bond donors (Lipinski definition) is 2. The Morgan fingerprint density at radius 2 is 2.05 bits per heavy atom. The van der Waals surface area contributed by atoms with Crippen LogP contribution in [0.25, 0.3) is 0 Å². The van der Waals surface area contributed by atoms with E-state index >= 15 is 0 Å². The summed E-state index contributed by atoms with van der Waals surface area (Å²) in [5.41, 5.74) is 5.48. The molecule has 2 fully saturated rings. The van der Waals surface area contributed by atoms with Crippen LogP contribution in [0.4, 0.5) is 0 Å². The Labute approximate surface area is 122 Å². The maximum absolute atomic E-state index is 12.7. The summed E-state index contributed by atoms with van der Waals surface area (Å²) in [7, 11) is 0. The van der Waals surface area contributed by atoms with Gasteiger partial charge in [-0.2, -0.15) is 0 Å². The third-order valence-corrected chi connectivity index (χ3v) is 5.78. The third-order valence-electron chi connectivity index (χ3n) is 5.78. The van der Waals surface area contributed by atoms with Gasteiger partial charge in [0.05, 0.1) is 6.10 Å². The van der Waals surface area contributed by atoms with Crippen LogP contribution in [-0.2, 0) is 9.53 Å². The monoisotopic (exact) mass is 282 g/mol. The van der Waals surface area contributed by atoms with Crippen molar-refractivity contribution in [2.75, 3.05) is 13.2 Å². The summed E-state index contributed by atoms with van der Waals surface area (Å²) in [5.74, 6) is 1.19. The number of ether oxygens (including phenoxy) is 1. The third kappa shape index (κ3) is 2.17. The van der Waals surface area contributed by atoms with Crippen molar-refractivity contribution in [3.05, 3.63) is 0 Å². The predicted octanol–water partition coefficient (Wildman–Crippen LogP) is 1.93. The second-order valence-electron chi connectivity index (χ2n) is 7.56. The van der Waals surface area contributed by atoms with Crippen molar-refractivity contribution in [3.63, 3.8) is 0 Å². The van der Waals surface area contributed by atoms with Crippen LogP contribution in [-0.4, -0.2) is 30.7 Å². The van der Waals surface area contributed by atoms with E-state index in [0.29, 0.717) is 18.4 Å². The second kappa shape index (κ2) is 5.30. The average Bonchev–Trinajstić information content (AvgIpc) is 2.43. The molecule has 4 heteroatoms. The molecule has 0 aromatic heterocycles. The van der Waals surface area contributed by atoms with Crippen LogP contribution in [0.5, 0.6) is 0 Å². The van der Waals surface area contributed by atoms with E-state index < -0.39 is 5.54 Å². The Bertz CT molecular complexity index is 381. The lowest BCUT2D eigenvalue weighted by atomic mass is 9.46. The van der Waals surface area contributed by atoms with E-state index in [-0.39, 0.29) is 23.3 Å². The normalized spacial score (nSPS) is 37.0. The molecule has 4 atom stereocenters. The first kappa shape index (κ1) is 15.8. The molecule has 20 heavy (non-hydrogen) atoms. The lowest BCUT2D eigenvalue weighted by Crippen LogP contribution is -2.82. The van der Waals surface area contributed by atoms with Crippen molar-refractivity contribution in [2.24, 2.45) is 28.9 Å². The molecule has 2 rings (SSSR count). The Hall–Kier alpha value is -0.610. The van der Waals surface area contributed by atoms with Gasteiger partial charge in [-0.05, 0) is 24.7 Å². The van der Waals surface area contributed by atoms with Gasteiger partial charge in [0.1, 0.15) is 5.54 Å². The second-order valence-corrected chi connectivity index (χ2v) is 7.56. The smallest absolute Gasteiger partial charge is 0.241 e. The molecule has 0 aromatic rings. The molecule has 1 saturated carbocycles. The van der Waals surface area contributed by atoms with Crippen LogP contribution in [0, 0.1) is 23.2 Å². The quantitative estimate of drug-likeness (QED) is 0.828. The SMILES string of the molecule is CC(C)C(C)CNC(=O)C1(N)C2CCCOC2C1(C)C. The highest BCUT2D eigenvalue weighted by atomic mass is 16.5. The Kier molecular flexibility index (Phi) is 4.18. The van der Waals surface area contributed by atoms with E-state index in [4.69, 9.17) is 10.5 Å². The Balaban J connectivity index is 2.04. The summed E-state index contributed by atoms with van der Waals surface area (Å²) >= 11 is 0. The number of carbonyl (C=O) groups is 1. The van der Waals surface area contributed by atoms with Crippen molar-refractivity contribution in [1.29, 1.82) is 0 Å². The van der Waals surface area contributed by atoms with Crippen molar-refractivity contribution in [3.8, 4) is 0 Å². The number of carbonyl (C=O) groups excluding carboxylic acids is 1. The summed E-state index contributed by atoms with van der Waals surface area (Å²) in [6, 6.07) is 0. The minimum Gasteiger partial charge on any atom is -0.377 e. The number of amides is 1. The molecule has 4 unspecified atom stereocenters. The van der Waals surface area contributed by atoms with Crippen LogP contribution in [0.2, 0.25) is 0 Å². The maximum atomic E-state index is 12.7. The Morgan fingerprint density at radius 1 is 1.40 bits per heavy atom. The molecule has 0 bridgehead atoms. The first-order valence-corrected chi connectivity index (χ1v) is 7.91. The number of nitrogens with two attached hydrogens (primary N) is 1. The van der Waals surface area contributed by atoms with Crippen molar-refractivity contribution < 1.29 is 9.53 Å². The lowest BCUT2D eigenvalue weighted by molar-refractivity contribution is -0.225. The van der Waals surface area contributed by atoms with Gasteiger partial charge in [0.25, 0.3) is 0 Å². The molecule has 1 aliphatic heterocycles. The van der Waals surface area contributed by atoms with Gasteiger partial charge in [-0.1, -0.05) is 34.6 Å². The topological polar surface area (TPSA) is 64.4 Å². The fraction of sp³-hybridized carbons (Fsp3) is 0.938. The van der Waals surface area contributed by atoms with Gasteiger partial charge < -0.3 is 15.8 Å². The van der Waals surface area contributed by atoms with Crippen LogP contribution >= 0.6 is 0 Å². The molecule has 0 aromatic carbocycles. The maximum Gasteiger partial charge on any atom is 0.241 e. The first-order valence-electron chi connectivity index (χ1n) is 7.91. The van der Waals surface area contributed by atoms with Crippen LogP contribution in [0.1, 0.15) is 47.5 Å². The standard InChI is InChI=1S/C16H30N2O2/c1-10(2)11(3)9-18-14(19)16(17)12-7-6-8-20-13(12)15(16,4)5/h10-13H,6-9,17H2,1-5H3,(H,18,19). The van der Waals surface area contributed by atoms with Crippen molar-refractivity contribution in [2.45, 2.75) is 59.1 Å². The van der Waals surface area contributed by atoms with Gasteiger partial charge in [-0.25, -0.2) is 0 Å². The Morgan fingerprint density at radius 3 is 2.65 bits per heavy atom. The van der Waals surface area contributed by atoms with Crippen LogP contribution in [0.3, 0.4) is 0 Å². The molecule has 1 saturated heterocycles. The number of rotatable bonds is 4. The molecule has 3 N–H and O–H groups in total. The highest BCUT2D eigenvalue weighted by Gasteiger charge is 2.70. The highest BCUT2D eigenvalue weighted by Crippen LogP contribution is 2.57. The minimum absolute atomic E-state index is 0.00162. The van der Waals surface area contributed by atoms with E-state index in [0.717, 1.165) is 19.4 Å². The zero-order valence-corrected chi connectivity index (χ0v) is 13.5. The zero-order chi connectivity index (χ0) is 15.1. The molecule has 1 aliphatic carbocycles. The highest BCUT2D eigenvalue weighted by molar-refractivity contribution is 5.89. The summed E-state index contributed by atoms with van der Waals surface area (Å²) in [6.07, 6.45) is 2.14. The summed E-state index contributed by atoms with van der Waals surface area (Å²) < 4.78 is 5.84. The fourth-order valence-corrected chi connectivity index (χ4v) is 3.67. The molecule has 2 aliphatic rings. The van der Waals surface area contributed by atoms with Crippen LogP contribution in [0.15, 0.2) is 0 Å². The van der Waals surface area contributed by atoms with Gasteiger partial charge in [0.15, 0.2) is 0 Å². The van der Waals surface area contributed by atoms with E-state index in [1.807, 2.05) is 0 Å². The number of hydrogen-bond acceptors (Lipinski definition) is 3. The molecular weight excluding hydrogens is 252 g/mol. The van der Waals surface area contributed by atoms with Crippen molar-refractivity contribution >= 4 is 5.91 Å². The molecule has 0 radical (unpaired) electrons. The summed E-state index contributed by atoms with van der Waals surface area (Å²) in [6.45, 7) is 12.1. The molecule has 1 heterocycles. The predicted molar refractivity (Wildman–Crippen MR) is 80.2 cm³/mol. The van der Waals surface area contributed by atoms with Gasteiger partial charge in [-0.15, -0.1) is 0 Å². The van der Waals surface area contributed by atoms with E-state index in [2.05, 4.69) is 39.9 Å². The molecule has 116 valence electrons. The van der Waals surface area contributed by atoms with Crippen molar-refractivity contribution in [1.82, 2.24) is 5.32 Å². The van der Waals surface area contributed by atoms with Gasteiger partial charge in [0, 0.05) is 24.5 Å². The largest absolute Gasteiger partial charge is 0.377 e. The molecule has 4 nitrogen and oxygen atoms in total. The summed E-state index contributed by atoms with van der Waals surface area (Å²) in [4.78, 5) is 12.7. The van der Waals surface area contributed by atoms with E-state index in [1.165, 1.54) is 0 Å². The molecular formula is C16H30N2O2. The van der Waals surface area contributed by atoms with Gasteiger partial charge >= 0.3 is 0 Å². The molecule has 1 amide bonds. The average molecular weight is 282 g/mol. The zero-order valence-electron chi connectivity index (χ0n) is 13.5. The first-order chi connectivity index (χ1) is 9.23. The minimum atomic E-state index is -0.783. The van der Waals surface area contributed by atoms with E-state index in [9.17, 15) is 4.79 Å².